The molecule has 0 radical (unpaired) electrons. The highest BCUT2D eigenvalue weighted by Crippen LogP contribution is 2.23. The molecule has 0 amide bonds. The van der Waals surface area contributed by atoms with Gasteiger partial charge in [-0.2, -0.15) is 0 Å². The second-order valence-corrected chi connectivity index (χ2v) is 5.43. The van der Waals surface area contributed by atoms with Crippen molar-refractivity contribution in [1.29, 1.82) is 0 Å². The zero-order valence-corrected chi connectivity index (χ0v) is 12.2. The van der Waals surface area contributed by atoms with E-state index in [1.807, 2.05) is 18.2 Å². The third kappa shape index (κ3) is 2.99. The highest BCUT2D eigenvalue weighted by atomic mass is 79.9. The summed E-state index contributed by atoms with van der Waals surface area (Å²) >= 11 is 3.50. The summed E-state index contributed by atoms with van der Waals surface area (Å²) in [4.78, 5) is 4.41. The molecule has 5 heteroatoms. The van der Waals surface area contributed by atoms with E-state index in [0.29, 0.717) is 0 Å². The van der Waals surface area contributed by atoms with Crippen molar-refractivity contribution in [1.82, 2.24) is 5.32 Å². The molecular weight excluding hydrogens is 321 g/mol. The molecule has 2 N–H and O–H groups in total. The smallest absolute Gasteiger partial charge is 0.128 e. The van der Waals surface area contributed by atoms with Gasteiger partial charge >= 0.3 is 0 Å². The molecule has 102 valence electrons. The Morgan fingerprint density at radius 1 is 1.10 bits per heavy atom. The van der Waals surface area contributed by atoms with Crippen LogP contribution in [0.3, 0.4) is 0 Å². The molecule has 1 aliphatic rings. The third-order valence-corrected chi connectivity index (χ3v) is 3.44. The van der Waals surface area contributed by atoms with E-state index in [1.54, 1.807) is 12.1 Å². The second-order valence-electron chi connectivity index (χ2n) is 4.52. The van der Waals surface area contributed by atoms with E-state index < -0.39 is 0 Å². The van der Waals surface area contributed by atoms with Crippen LogP contribution in [0.4, 0.5) is 15.8 Å². The molecule has 1 heterocycles. The van der Waals surface area contributed by atoms with Crippen LogP contribution < -0.4 is 10.6 Å². The SMILES string of the molecule is Fc1ccc(Nc2cc(Br)cc(C3=NCCN3)c2)cc1. The number of aliphatic imine (C=N–C) groups is 1. The van der Waals surface area contributed by atoms with E-state index in [4.69, 9.17) is 0 Å². The highest BCUT2D eigenvalue weighted by Gasteiger charge is 2.10. The molecule has 0 saturated heterocycles. The van der Waals surface area contributed by atoms with Crippen LogP contribution in [0.2, 0.25) is 0 Å². The summed E-state index contributed by atoms with van der Waals surface area (Å²) in [5.74, 6) is 0.670. The van der Waals surface area contributed by atoms with Gasteiger partial charge in [0.2, 0.25) is 0 Å². The van der Waals surface area contributed by atoms with Gasteiger partial charge in [-0.15, -0.1) is 0 Å². The zero-order valence-electron chi connectivity index (χ0n) is 10.7. The van der Waals surface area contributed by atoms with E-state index in [1.165, 1.54) is 12.1 Å². The molecule has 2 aromatic carbocycles. The second kappa shape index (κ2) is 5.63. The Hall–Kier alpha value is -1.88. The van der Waals surface area contributed by atoms with Crippen LogP contribution in [-0.2, 0) is 0 Å². The molecule has 0 aromatic heterocycles. The maximum absolute atomic E-state index is 12.9. The molecule has 20 heavy (non-hydrogen) atoms. The van der Waals surface area contributed by atoms with Crippen molar-refractivity contribution in [3.05, 3.63) is 58.3 Å². The lowest BCUT2D eigenvalue weighted by atomic mass is 10.1. The molecule has 0 spiro atoms. The van der Waals surface area contributed by atoms with E-state index in [2.05, 4.69) is 31.6 Å². The van der Waals surface area contributed by atoms with Gasteiger partial charge in [0, 0.05) is 28.0 Å². The molecule has 0 aliphatic carbocycles. The molecule has 2 aromatic rings. The summed E-state index contributed by atoms with van der Waals surface area (Å²) in [6, 6.07) is 12.3. The number of nitrogens with one attached hydrogen (secondary N) is 2. The Bertz CT molecular complexity index is 653. The van der Waals surface area contributed by atoms with Crippen LogP contribution in [0.25, 0.3) is 0 Å². The molecule has 3 nitrogen and oxygen atoms in total. The van der Waals surface area contributed by atoms with Crippen LogP contribution in [-0.4, -0.2) is 18.9 Å². The number of halogens is 2. The minimum Gasteiger partial charge on any atom is -0.368 e. The van der Waals surface area contributed by atoms with Gasteiger partial charge in [-0.25, -0.2) is 4.39 Å². The maximum atomic E-state index is 12.9. The lowest BCUT2D eigenvalue weighted by molar-refractivity contribution is 0.628. The Morgan fingerprint density at radius 2 is 1.90 bits per heavy atom. The average Bonchev–Trinajstić information content (AvgIpc) is 2.95. The fraction of sp³-hybridized carbons (Fsp3) is 0.133. The van der Waals surface area contributed by atoms with E-state index in [9.17, 15) is 4.39 Å². The first-order valence-corrected chi connectivity index (χ1v) is 7.12. The van der Waals surface area contributed by atoms with Crippen LogP contribution in [0.15, 0.2) is 51.9 Å². The lowest BCUT2D eigenvalue weighted by Gasteiger charge is -2.10. The number of nitrogens with zero attached hydrogens (tertiary/aromatic N) is 1. The molecule has 0 atom stereocenters. The van der Waals surface area contributed by atoms with Gasteiger partial charge in [0.15, 0.2) is 0 Å². The predicted octanol–water partition coefficient (Wildman–Crippen LogP) is 3.68. The van der Waals surface area contributed by atoms with Crippen molar-refractivity contribution >= 4 is 33.1 Å². The molecule has 1 aliphatic heterocycles. The number of benzene rings is 2. The van der Waals surface area contributed by atoms with Gasteiger partial charge in [0.05, 0.1) is 6.54 Å². The van der Waals surface area contributed by atoms with Crippen LogP contribution in [0, 0.1) is 5.82 Å². The van der Waals surface area contributed by atoms with Gasteiger partial charge in [-0.3, -0.25) is 4.99 Å². The average molecular weight is 334 g/mol. The molecule has 0 bridgehead atoms. The van der Waals surface area contributed by atoms with Gasteiger partial charge in [-0.05, 0) is 42.5 Å². The standard InChI is InChI=1S/C15H13BrFN3/c16-11-7-10(15-18-5-6-19-15)8-14(9-11)20-13-3-1-12(17)2-4-13/h1-4,7-9,20H,5-6H2,(H,18,19). The van der Waals surface area contributed by atoms with Crippen molar-refractivity contribution in [2.24, 2.45) is 4.99 Å². The fourth-order valence-corrected chi connectivity index (χ4v) is 2.58. The summed E-state index contributed by atoms with van der Waals surface area (Å²) < 4.78 is 13.9. The Balaban J connectivity index is 1.87. The van der Waals surface area contributed by atoms with Gasteiger partial charge < -0.3 is 10.6 Å². The van der Waals surface area contributed by atoms with Gasteiger partial charge in [0.25, 0.3) is 0 Å². The molecule has 0 unspecified atom stereocenters. The summed E-state index contributed by atoms with van der Waals surface area (Å²) in [6.07, 6.45) is 0. The van der Waals surface area contributed by atoms with E-state index >= 15 is 0 Å². The van der Waals surface area contributed by atoms with Crippen LogP contribution in [0.1, 0.15) is 5.56 Å². The van der Waals surface area contributed by atoms with Crippen molar-refractivity contribution < 1.29 is 4.39 Å². The number of anilines is 2. The summed E-state index contributed by atoms with van der Waals surface area (Å²) in [7, 11) is 0. The fourth-order valence-electron chi connectivity index (χ4n) is 2.09. The normalized spacial score (nSPS) is 13.8. The number of hydrogen-bond donors (Lipinski definition) is 2. The van der Waals surface area contributed by atoms with Crippen molar-refractivity contribution in [2.45, 2.75) is 0 Å². The number of amidine groups is 1. The number of rotatable bonds is 3. The van der Waals surface area contributed by atoms with E-state index in [0.717, 1.165) is 40.3 Å². The molecule has 3 rings (SSSR count). The first-order chi connectivity index (χ1) is 9.70. The molecular formula is C15H13BrFN3. The highest BCUT2D eigenvalue weighted by molar-refractivity contribution is 9.10. The largest absolute Gasteiger partial charge is 0.368 e. The summed E-state index contributed by atoms with van der Waals surface area (Å²) in [5, 5.41) is 6.51. The number of hydrogen-bond acceptors (Lipinski definition) is 3. The van der Waals surface area contributed by atoms with Crippen molar-refractivity contribution in [3.63, 3.8) is 0 Å². The minimum atomic E-state index is -0.241. The Labute approximate surface area is 125 Å². The lowest BCUT2D eigenvalue weighted by Crippen LogP contribution is -2.19. The summed E-state index contributed by atoms with van der Waals surface area (Å²) in [6.45, 7) is 1.69. The van der Waals surface area contributed by atoms with E-state index in [-0.39, 0.29) is 5.82 Å². The van der Waals surface area contributed by atoms with Crippen LogP contribution in [0.5, 0.6) is 0 Å². The third-order valence-electron chi connectivity index (χ3n) is 2.98. The topological polar surface area (TPSA) is 36.4 Å². The first kappa shape index (κ1) is 13.1. The van der Waals surface area contributed by atoms with Crippen molar-refractivity contribution in [3.8, 4) is 0 Å². The van der Waals surface area contributed by atoms with Gasteiger partial charge in [0.1, 0.15) is 11.7 Å². The van der Waals surface area contributed by atoms with Gasteiger partial charge in [-0.1, -0.05) is 15.9 Å². The van der Waals surface area contributed by atoms with Crippen LogP contribution >= 0.6 is 15.9 Å². The minimum absolute atomic E-state index is 0.241. The Kier molecular flexibility index (Phi) is 3.69. The Morgan fingerprint density at radius 3 is 2.60 bits per heavy atom. The quantitative estimate of drug-likeness (QED) is 0.898. The predicted molar refractivity (Wildman–Crippen MR) is 83.2 cm³/mol. The van der Waals surface area contributed by atoms with Crippen molar-refractivity contribution in [2.75, 3.05) is 18.4 Å². The summed E-state index contributed by atoms with van der Waals surface area (Å²) in [5.41, 5.74) is 2.80. The molecule has 0 saturated carbocycles. The maximum Gasteiger partial charge on any atom is 0.128 e. The monoisotopic (exact) mass is 333 g/mol. The first-order valence-electron chi connectivity index (χ1n) is 6.32. The zero-order chi connectivity index (χ0) is 13.9. The molecule has 0 fully saturated rings.